The van der Waals surface area contributed by atoms with Crippen LogP contribution in [0.25, 0.3) is 11.4 Å². The number of hydrogen-bond acceptors (Lipinski definition) is 8. The minimum Gasteiger partial charge on any atom is -0.343 e. The predicted octanol–water partition coefficient (Wildman–Crippen LogP) is 1.66. The van der Waals surface area contributed by atoms with Gasteiger partial charge in [0.1, 0.15) is 10.9 Å². The summed E-state index contributed by atoms with van der Waals surface area (Å²) in [6.45, 7) is 3.40. The van der Waals surface area contributed by atoms with Crippen molar-refractivity contribution >= 4 is 15.9 Å². The van der Waals surface area contributed by atoms with Crippen molar-refractivity contribution in [2.24, 2.45) is 5.92 Å². The first-order valence-corrected chi connectivity index (χ1v) is 10.6. The fraction of sp³-hybridized carbons (Fsp3) is 0.316. The molecule has 3 heterocycles. The Labute approximate surface area is 174 Å². The highest BCUT2D eigenvalue weighted by Crippen LogP contribution is 2.23. The van der Waals surface area contributed by atoms with Gasteiger partial charge in [0.2, 0.25) is 27.6 Å². The largest absolute Gasteiger partial charge is 0.343 e. The monoisotopic (exact) mass is 430 g/mol. The molecule has 0 spiro atoms. The molecular formula is C19H22N6O4S. The Morgan fingerprint density at radius 3 is 2.47 bits per heavy atom. The van der Waals surface area contributed by atoms with Gasteiger partial charge in [-0.25, -0.2) is 8.42 Å². The van der Waals surface area contributed by atoms with Crippen LogP contribution in [0.1, 0.15) is 25.8 Å². The summed E-state index contributed by atoms with van der Waals surface area (Å²) in [4.78, 5) is 24.8. The first-order valence-electron chi connectivity index (χ1n) is 9.18. The molecule has 0 radical (unpaired) electrons. The molecule has 1 unspecified atom stereocenters. The van der Waals surface area contributed by atoms with Gasteiger partial charge in [0.25, 0.3) is 0 Å². The third kappa shape index (κ3) is 4.86. The number of sulfonamides is 1. The lowest BCUT2D eigenvalue weighted by molar-refractivity contribution is -0.122. The van der Waals surface area contributed by atoms with Gasteiger partial charge in [0, 0.05) is 37.4 Å². The number of aromatic nitrogens is 4. The third-order valence-corrected chi connectivity index (χ3v) is 6.11. The van der Waals surface area contributed by atoms with Crippen molar-refractivity contribution in [3.05, 3.63) is 54.9 Å². The van der Waals surface area contributed by atoms with Crippen LogP contribution >= 0.6 is 0 Å². The maximum Gasteiger partial charge on any atom is 0.249 e. The minimum absolute atomic E-state index is 0.0127. The zero-order valence-electron chi connectivity index (χ0n) is 16.8. The van der Waals surface area contributed by atoms with Crippen LogP contribution in [0.5, 0.6) is 0 Å². The van der Waals surface area contributed by atoms with Gasteiger partial charge in [-0.2, -0.15) is 9.29 Å². The van der Waals surface area contributed by atoms with Crippen LogP contribution in [0.3, 0.4) is 0 Å². The zero-order valence-corrected chi connectivity index (χ0v) is 17.6. The number of nitrogens with one attached hydrogen (secondary N) is 1. The van der Waals surface area contributed by atoms with Crippen LogP contribution in [-0.4, -0.2) is 52.3 Å². The maximum atomic E-state index is 12.6. The van der Waals surface area contributed by atoms with Gasteiger partial charge in [0.15, 0.2) is 0 Å². The molecule has 0 aliphatic heterocycles. The van der Waals surface area contributed by atoms with E-state index in [9.17, 15) is 13.2 Å². The molecule has 3 rings (SSSR count). The van der Waals surface area contributed by atoms with E-state index in [1.165, 1.54) is 31.6 Å². The standard InChI is InChI=1S/C19H22N6O4S/c1-13(2)17(19-23-18(24-29-19)14-6-4-8-20-10-14)22-16(26)12-25(3)30(27,28)15-7-5-9-21-11-15/h4-11,13,17H,12H2,1-3H3,(H,22,26). The van der Waals surface area contributed by atoms with Crippen LogP contribution in [-0.2, 0) is 14.8 Å². The molecular weight excluding hydrogens is 408 g/mol. The summed E-state index contributed by atoms with van der Waals surface area (Å²) in [5.41, 5.74) is 0.684. The van der Waals surface area contributed by atoms with Crippen LogP contribution in [0, 0.1) is 5.92 Å². The summed E-state index contributed by atoms with van der Waals surface area (Å²) in [5.74, 6) is 0.0189. The first-order chi connectivity index (χ1) is 14.3. The first kappa shape index (κ1) is 21.5. The molecule has 11 heteroatoms. The van der Waals surface area contributed by atoms with Gasteiger partial charge in [-0.3, -0.25) is 14.8 Å². The minimum atomic E-state index is -3.83. The molecule has 1 amide bonds. The van der Waals surface area contributed by atoms with E-state index in [0.717, 1.165) is 4.31 Å². The fourth-order valence-electron chi connectivity index (χ4n) is 2.67. The van der Waals surface area contributed by atoms with Crippen molar-refractivity contribution < 1.29 is 17.7 Å². The molecule has 0 saturated heterocycles. The molecule has 0 fully saturated rings. The van der Waals surface area contributed by atoms with Gasteiger partial charge in [0.05, 0.1) is 6.54 Å². The summed E-state index contributed by atoms with van der Waals surface area (Å²) in [6, 6.07) is 5.91. The molecule has 1 N–H and O–H groups in total. The number of carbonyl (C=O) groups is 1. The second kappa shape index (κ2) is 9.09. The number of amides is 1. The molecule has 10 nitrogen and oxygen atoms in total. The van der Waals surface area contributed by atoms with Crippen LogP contribution < -0.4 is 5.32 Å². The van der Waals surface area contributed by atoms with Crippen LogP contribution in [0.15, 0.2) is 58.5 Å². The maximum absolute atomic E-state index is 12.6. The van der Waals surface area contributed by atoms with E-state index in [4.69, 9.17) is 4.52 Å². The van der Waals surface area contributed by atoms with E-state index in [2.05, 4.69) is 25.4 Å². The lowest BCUT2D eigenvalue weighted by Crippen LogP contribution is -2.41. The van der Waals surface area contributed by atoms with Gasteiger partial charge >= 0.3 is 0 Å². The molecule has 0 bridgehead atoms. The molecule has 0 aliphatic rings. The van der Waals surface area contributed by atoms with E-state index in [1.807, 2.05) is 13.8 Å². The van der Waals surface area contributed by atoms with Gasteiger partial charge in [-0.15, -0.1) is 0 Å². The molecule has 0 aliphatic carbocycles. The Bertz CT molecular complexity index is 1090. The van der Waals surface area contributed by atoms with E-state index in [0.29, 0.717) is 11.4 Å². The van der Waals surface area contributed by atoms with Crippen LogP contribution in [0.4, 0.5) is 0 Å². The summed E-state index contributed by atoms with van der Waals surface area (Å²) in [6.07, 6.45) is 5.95. The van der Waals surface area contributed by atoms with Gasteiger partial charge in [-0.05, 0) is 30.2 Å². The van der Waals surface area contributed by atoms with Crippen molar-refractivity contribution in [2.75, 3.05) is 13.6 Å². The van der Waals surface area contributed by atoms with Crippen molar-refractivity contribution in [1.29, 1.82) is 0 Å². The Morgan fingerprint density at radius 1 is 1.17 bits per heavy atom. The smallest absolute Gasteiger partial charge is 0.249 e. The highest BCUT2D eigenvalue weighted by atomic mass is 32.2. The third-order valence-electron chi connectivity index (χ3n) is 4.32. The highest BCUT2D eigenvalue weighted by Gasteiger charge is 2.28. The number of hydrogen-bond donors (Lipinski definition) is 1. The van der Waals surface area contributed by atoms with E-state index >= 15 is 0 Å². The van der Waals surface area contributed by atoms with E-state index in [-0.39, 0.29) is 23.2 Å². The number of pyridine rings is 2. The lowest BCUT2D eigenvalue weighted by Gasteiger charge is -2.21. The second-order valence-corrected chi connectivity index (χ2v) is 8.98. The van der Waals surface area contributed by atoms with Crippen LogP contribution in [0.2, 0.25) is 0 Å². The normalized spacial score (nSPS) is 12.8. The summed E-state index contributed by atoms with van der Waals surface area (Å²) < 4.78 is 31.5. The summed E-state index contributed by atoms with van der Waals surface area (Å²) >= 11 is 0. The average Bonchev–Trinajstić information content (AvgIpc) is 3.23. The lowest BCUT2D eigenvalue weighted by atomic mass is 10.0. The molecule has 3 aromatic rings. The molecule has 30 heavy (non-hydrogen) atoms. The second-order valence-electron chi connectivity index (χ2n) is 6.94. The van der Waals surface area contributed by atoms with Crippen molar-refractivity contribution in [2.45, 2.75) is 24.8 Å². The molecule has 0 aromatic carbocycles. The fourth-order valence-corrected chi connectivity index (χ4v) is 3.76. The summed E-state index contributed by atoms with van der Waals surface area (Å²) in [5, 5.41) is 6.73. The average molecular weight is 430 g/mol. The molecule has 3 aromatic heterocycles. The van der Waals surface area contributed by atoms with Gasteiger partial charge < -0.3 is 9.84 Å². The predicted molar refractivity (Wildman–Crippen MR) is 107 cm³/mol. The Morgan fingerprint density at radius 2 is 1.87 bits per heavy atom. The van der Waals surface area contributed by atoms with E-state index < -0.39 is 22.0 Å². The highest BCUT2D eigenvalue weighted by molar-refractivity contribution is 7.89. The molecule has 158 valence electrons. The Balaban J connectivity index is 1.71. The number of nitrogens with zero attached hydrogens (tertiary/aromatic N) is 5. The van der Waals surface area contributed by atoms with E-state index in [1.54, 1.807) is 24.5 Å². The number of rotatable bonds is 8. The van der Waals surface area contributed by atoms with Crippen molar-refractivity contribution in [1.82, 2.24) is 29.7 Å². The quantitative estimate of drug-likeness (QED) is 0.571. The van der Waals surface area contributed by atoms with Gasteiger partial charge in [-0.1, -0.05) is 19.0 Å². The number of carbonyl (C=O) groups excluding carboxylic acids is 1. The number of likely N-dealkylation sites (N-methyl/N-ethyl adjacent to an activating group) is 1. The van der Waals surface area contributed by atoms with Crippen molar-refractivity contribution in [3.63, 3.8) is 0 Å². The Kier molecular flexibility index (Phi) is 6.53. The SMILES string of the molecule is CC(C)C(NC(=O)CN(C)S(=O)(=O)c1cccnc1)c1nc(-c2cccnc2)no1. The Hall–Kier alpha value is -3.18. The van der Waals surface area contributed by atoms with Crippen molar-refractivity contribution in [3.8, 4) is 11.4 Å². The molecule has 1 atom stereocenters. The topological polar surface area (TPSA) is 131 Å². The summed E-state index contributed by atoms with van der Waals surface area (Å²) in [7, 11) is -2.50. The zero-order chi connectivity index (χ0) is 21.7. The molecule has 0 saturated carbocycles.